The monoisotopic (exact) mass is 213 g/mol. The number of aliphatic hydroxyl groups is 1. The number of hydrogen-bond donors (Lipinski definition) is 2. The smallest absolute Gasteiger partial charge is 0.0588 e. The van der Waals surface area contributed by atoms with Crippen molar-refractivity contribution >= 4 is 11.3 Å². The first-order valence-electron chi connectivity index (χ1n) is 5.15. The van der Waals surface area contributed by atoms with E-state index in [9.17, 15) is 5.11 Å². The minimum atomic E-state index is 0.198. The Labute approximate surface area is 90.0 Å². The molecule has 80 valence electrons. The number of aliphatic hydroxyl groups excluding tert-OH is 1. The van der Waals surface area contributed by atoms with E-state index in [2.05, 4.69) is 36.7 Å². The summed E-state index contributed by atoms with van der Waals surface area (Å²) in [7, 11) is 0. The van der Waals surface area contributed by atoms with Gasteiger partial charge in [-0.25, -0.2) is 0 Å². The van der Waals surface area contributed by atoms with Crippen molar-refractivity contribution in [2.24, 2.45) is 0 Å². The third-order valence-corrected chi connectivity index (χ3v) is 3.28. The molecule has 0 aliphatic heterocycles. The molecule has 2 nitrogen and oxygen atoms in total. The molecule has 1 heterocycles. The van der Waals surface area contributed by atoms with Crippen LogP contribution in [0.5, 0.6) is 0 Å². The van der Waals surface area contributed by atoms with Gasteiger partial charge in [0, 0.05) is 17.0 Å². The van der Waals surface area contributed by atoms with Crippen LogP contribution in [0.25, 0.3) is 0 Å². The highest BCUT2D eigenvalue weighted by molar-refractivity contribution is 7.09. The summed E-state index contributed by atoms with van der Waals surface area (Å²) in [5, 5.41) is 14.7. The van der Waals surface area contributed by atoms with Gasteiger partial charge < -0.3 is 10.4 Å². The maximum atomic E-state index is 9.21. The van der Waals surface area contributed by atoms with Gasteiger partial charge in [0.25, 0.3) is 0 Å². The summed E-state index contributed by atoms with van der Waals surface area (Å²) < 4.78 is 0. The van der Waals surface area contributed by atoms with Crippen LogP contribution in [0.2, 0.25) is 0 Å². The minimum Gasteiger partial charge on any atom is -0.395 e. The average Bonchev–Trinajstić information content (AvgIpc) is 2.69. The fourth-order valence-corrected chi connectivity index (χ4v) is 2.15. The van der Waals surface area contributed by atoms with Gasteiger partial charge in [-0.15, -0.1) is 11.3 Å². The molecule has 2 atom stereocenters. The molecule has 1 unspecified atom stereocenters. The molecule has 0 bridgehead atoms. The Bertz CT molecular complexity index is 235. The van der Waals surface area contributed by atoms with Gasteiger partial charge in [0.1, 0.15) is 0 Å². The molecule has 0 amide bonds. The van der Waals surface area contributed by atoms with Crippen molar-refractivity contribution in [3.63, 3.8) is 0 Å². The Kier molecular flexibility index (Phi) is 5.15. The third kappa shape index (κ3) is 3.78. The third-order valence-electron chi connectivity index (χ3n) is 2.38. The highest BCUT2D eigenvalue weighted by atomic mass is 32.1. The largest absolute Gasteiger partial charge is 0.395 e. The molecule has 0 aliphatic carbocycles. The van der Waals surface area contributed by atoms with Crippen LogP contribution in [0.4, 0.5) is 0 Å². The Morgan fingerprint density at radius 3 is 2.86 bits per heavy atom. The van der Waals surface area contributed by atoms with Crippen molar-refractivity contribution in [2.45, 2.75) is 38.8 Å². The first-order chi connectivity index (χ1) is 6.76. The van der Waals surface area contributed by atoms with E-state index in [0.29, 0.717) is 6.04 Å². The number of nitrogens with one attached hydrogen (secondary N) is 1. The summed E-state index contributed by atoms with van der Waals surface area (Å²) in [6.45, 7) is 4.51. The number of rotatable bonds is 6. The van der Waals surface area contributed by atoms with Crippen LogP contribution >= 0.6 is 11.3 Å². The van der Waals surface area contributed by atoms with Crippen LogP contribution < -0.4 is 5.32 Å². The molecular weight excluding hydrogens is 194 g/mol. The quantitative estimate of drug-likeness (QED) is 0.758. The fourth-order valence-electron chi connectivity index (χ4n) is 1.37. The SMILES string of the molecule is CC[C@H](C)NC(CO)Cc1cccs1. The molecule has 3 heteroatoms. The van der Waals surface area contributed by atoms with Crippen molar-refractivity contribution in [1.82, 2.24) is 5.32 Å². The summed E-state index contributed by atoms with van der Waals surface area (Å²) in [6, 6.07) is 4.85. The van der Waals surface area contributed by atoms with E-state index in [-0.39, 0.29) is 12.6 Å². The van der Waals surface area contributed by atoms with Gasteiger partial charge >= 0.3 is 0 Å². The van der Waals surface area contributed by atoms with E-state index in [4.69, 9.17) is 0 Å². The Balaban J connectivity index is 2.39. The van der Waals surface area contributed by atoms with Crippen LogP contribution in [-0.2, 0) is 6.42 Å². The van der Waals surface area contributed by atoms with Crippen LogP contribution in [-0.4, -0.2) is 23.8 Å². The number of hydrogen-bond acceptors (Lipinski definition) is 3. The maximum Gasteiger partial charge on any atom is 0.0588 e. The van der Waals surface area contributed by atoms with Gasteiger partial charge in [-0.1, -0.05) is 13.0 Å². The molecule has 0 aliphatic rings. The molecule has 1 rings (SSSR count). The van der Waals surface area contributed by atoms with Gasteiger partial charge in [0.15, 0.2) is 0 Å². The predicted molar refractivity (Wildman–Crippen MR) is 61.8 cm³/mol. The van der Waals surface area contributed by atoms with Crippen molar-refractivity contribution in [3.8, 4) is 0 Å². The summed E-state index contributed by atoms with van der Waals surface area (Å²) in [4.78, 5) is 1.33. The second-order valence-corrected chi connectivity index (χ2v) is 4.67. The molecule has 0 radical (unpaired) electrons. The summed E-state index contributed by atoms with van der Waals surface area (Å²) in [5.41, 5.74) is 0. The molecule has 0 aromatic carbocycles. The lowest BCUT2D eigenvalue weighted by atomic mass is 10.1. The zero-order chi connectivity index (χ0) is 10.4. The molecule has 14 heavy (non-hydrogen) atoms. The second-order valence-electron chi connectivity index (χ2n) is 3.64. The van der Waals surface area contributed by atoms with E-state index >= 15 is 0 Å². The minimum absolute atomic E-state index is 0.198. The maximum absolute atomic E-state index is 9.21. The Morgan fingerprint density at radius 2 is 2.36 bits per heavy atom. The molecule has 1 aromatic heterocycles. The van der Waals surface area contributed by atoms with Crippen molar-refractivity contribution < 1.29 is 5.11 Å². The second kappa shape index (κ2) is 6.17. The van der Waals surface area contributed by atoms with Crippen LogP contribution in [0, 0.1) is 0 Å². The summed E-state index contributed by atoms with van der Waals surface area (Å²) in [6.07, 6.45) is 2.03. The lowest BCUT2D eigenvalue weighted by molar-refractivity contribution is 0.232. The van der Waals surface area contributed by atoms with E-state index in [1.54, 1.807) is 11.3 Å². The molecule has 0 saturated carbocycles. The Hall–Kier alpha value is -0.380. The zero-order valence-corrected chi connectivity index (χ0v) is 9.68. The van der Waals surface area contributed by atoms with Crippen LogP contribution in [0.3, 0.4) is 0 Å². The summed E-state index contributed by atoms with van der Waals surface area (Å²) >= 11 is 1.75. The summed E-state index contributed by atoms with van der Waals surface area (Å²) in [5.74, 6) is 0. The van der Waals surface area contributed by atoms with Crippen molar-refractivity contribution in [1.29, 1.82) is 0 Å². The fraction of sp³-hybridized carbons (Fsp3) is 0.636. The van der Waals surface area contributed by atoms with Crippen molar-refractivity contribution in [3.05, 3.63) is 22.4 Å². The molecule has 2 N–H and O–H groups in total. The molecular formula is C11H19NOS. The predicted octanol–water partition coefficient (Wildman–Crippen LogP) is 2.04. The molecule has 0 fully saturated rings. The first-order valence-corrected chi connectivity index (χ1v) is 6.03. The Morgan fingerprint density at radius 1 is 1.57 bits per heavy atom. The highest BCUT2D eigenvalue weighted by Gasteiger charge is 2.10. The topological polar surface area (TPSA) is 32.3 Å². The van der Waals surface area contributed by atoms with Gasteiger partial charge in [-0.2, -0.15) is 0 Å². The van der Waals surface area contributed by atoms with Gasteiger partial charge in [-0.05, 0) is 31.2 Å². The van der Waals surface area contributed by atoms with Gasteiger partial charge in [-0.3, -0.25) is 0 Å². The van der Waals surface area contributed by atoms with E-state index < -0.39 is 0 Å². The molecule has 0 saturated heterocycles. The van der Waals surface area contributed by atoms with Crippen LogP contribution in [0.1, 0.15) is 25.1 Å². The van der Waals surface area contributed by atoms with Crippen molar-refractivity contribution in [2.75, 3.05) is 6.61 Å². The first kappa shape index (κ1) is 11.7. The lowest BCUT2D eigenvalue weighted by Crippen LogP contribution is -2.40. The molecule has 0 spiro atoms. The average molecular weight is 213 g/mol. The zero-order valence-electron chi connectivity index (χ0n) is 8.86. The van der Waals surface area contributed by atoms with E-state index in [1.807, 2.05) is 0 Å². The van der Waals surface area contributed by atoms with E-state index in [0.717, 1.165) is 12.8 Å². The van der Waals surface area contributed by atoms with Gasteiger partial charge in [0.05, 0.1) is 6.61 Å². The number of thiophene rings is 1. The van der Waals surface area contributed by atoms with E-state index in [1.165, 1.54) is 4.88 Å². The normalized spacial score (nSPS) is 15.4. The molecule has 1 aromatic rings. The van der Waals surface area contributed by atoms with Crippen LogP contribution in [0.15, 0.2) is 17.5 Å². The van der Waals surface area contributed by atoms with Gasteiger partial charge in [0.2, 0.25) is 0 Å². The highest BCUT2D eigenvalue weighted by Crippen LogP contribution is 2.11. The lowest BCUT2D eigenvalue weighted by Gasteiger charge is -2.20. The standard InChI is InChI=1S/C11H19NOS/c1-3-9(2)12-10(8-13)7-11-5-4-6-14-11/h4-6,9-10,12-13H,3,7-8H2,1-2H3/t9-,10?/m0/s1.